The molecule has 1 aliphatic rings. The highest BCUT2D eigenvalue weighted by atomic mass is 32.1. The van der Waals surface area contributed by atoms with Gasteiger partial charge in [-0.2, -0.15) is 0 Å². The Kier molecular flexibility index (Phi) is 4.08. The predicted molar refractivity (Wildman–Crippen MR) is 87.6 cm³/mol. The van der Waals surface area contributed by atoms with Crippen LogP contribution in [0.4, 0.5) is 5.69 Å². The Bertz CT molecular complexity index is 588. The summed E-state index contributed by atoms with van der Waals surface area (Å²) < 4.78 is 0. The second kappa shape index (κ2) is 5.98. The molecule has 0 atom stereocenters. The van der Waals surface area contributed by atoms with Gasteiger partial charge >= 0.3 is 0 Å². The van der Waals surface area contributed by atoms with E-state index >= 15 is 0 Å². The topological polar surface area (TPSA) is 15.3 Å². The molecule has 2 heterocycles. The van der Waals surface area contributed by atoms with Crippen LogP contribution in [0.15, 0.2) is 29.6 Å². The van der Waals surface area contributed by atoms with Crippen LogP contribution in [0.2, 0.25) is 0 Å². The number of hydrogen-bond acceptors (Lipinski definition) is 3. The van der Waals surface area contributed by atoms with Crippen LogP contribution in [0.25, 0.3) is 0 Å². The normalized spacial score (nSPS) is 14.4. The van der Waals surface area contributed by atoms with E-state index in [4.69, 9.17) is 0 Å². The first kappa shape index (κ1) is 13.7. The van der Waals surface area contributed by atoms with Gasteiger partial charge in [0, 0.05) is 30.2 Å². The maximum atomic E-state index is 3.46. The van der Waals surface area contributed by atoms with E-state index < -0.39 is 0 Å². The second-order valence-corrected chi connectivity index (χ2v) is 6.45. The number of nitrogens with zero attached hydrogens (tertiary/aromatic N) is 1. The van der Waals surface area contributed by atoms with Crippen molar-refractivity contribution in [2.75, 3.05) is 18.0 Å². The molecule has 2 aromatic rings. The molecule has 0 fully saturated rings. The monoisotopic (exact) mass is 286 g/mol. The molecule has 0 aliphatic carbocycles. The summed E-state index contributed by atoms with van der Waals surface area (Å²) in [6, 6.07) is 9.12. The molecule has 1 aromatic carbocycles. The minimum atomic E-state index is 0.959. The summed E-state index contributed by atoms with van der Waals surface area (Å²) in [7, 11) is 0. The van der Waals surface area contributed by atoms with Gasteiger partial charge in [0.2, 0.25) is 0 Å². The molecule has 20 heavy (non-hydrogen) atoms. The summed E-state index contributed by atoms with van der Waals surface area (Å²) in [6.07, 6.45) is 1.18. The number of thiophene rings is 1. The third-order valence-corrected chi connectivity index (χ3v) is 4.97. The van der Waals surface area contributed by atoms with Crippen molar-refractivity contribution in [3.63, 3.8) is 0 Å². The van der Waals surface area contributed by atoms with E-state index in [2.05, 4.69) is 53.7 Å². The molecule has 0 bridgehead atoms. The van der Waals surface area contributed by atoms with Crippen LogP contribution in [0, 0.1) is 6.92 Å². The van der Waals surface area contributed by atoms with Crippen LogP contribution < -0.4 is 10.2 Å². The summed E-state index contributed by atoms with van der Waals surface area (Å²) >= 11 is 1.90. The molecular weight excluding hydrogens is 264 g/mol. The zero-order valence-electron chi connectivity index (χ0n) is 12.3. The third-order valence-electron chi connectivity index (χ3n) is 3.95. The van der Waals surface area contributed by atoms with Gasteiger partial charge in [-0.1, -0.05) is 24.6 Å². The van der Waals surface area contributed by atoms with Gasteiger partial charge in [-0.05, 0) is 48.5 Å². The van der Waals surface area contributed by atoms with Gasteiger partial charge in [0.15, 0.2) is 0 Å². The van der Waals surface area contributed by atoms with Crippen molar-refractivity contribution >= 4 is 17.0 Å². The van der Waals surface area contributed by atoms with Crippen LogP contribution in [-0.4, -0.2) is 13.1 Å². The fourth-order valence-corrected chi connectivity index (χ4v) is 3.77. The van der Waals surface area contributed by atoms with Crippen molar-refractivity contribution in [2.45, 2.75) is 33.4 Å². The van der Waals surface area contributed by atoms with E-state index in [0.29, 0.717) is 0 Å². The minimum absolute atomic E-state index is 0.959. The summed E-state index contributed by atoms with van der Waals surface area (Å²) in [5.41, 5.74) is 5.67. The van der Waals surface area contributed by atoms with Crippen molar-refractivity contribution < 1.29 is 0 Å². The number of rotatable bonds is 4. The Morgan fingerprint density at radius 3 is 3.05 bits per heavy atom. The summed E-state index contributed by atoms with van der Waals surface area (Å²) in [6.45, 7) is 8.50. The summed E-state index contributed by atoms with van der Waals surface area (Å²) in [5, 5.41) is 5.69. The number of hydrogen-bond donors (Lipinski definition) is 1. The Morgan fingerprint density at radius 1 is 1.30 bits per heavy atom. The molecule has 106 valence electrons. The van der Waals surface area contributed by atoms with Gasteiger partial charge in [0.25, 0.3) is 0 Å². The highest BCUT2D eigenvalue weighted by Crippen LogP contribution is 2.30. The SMILES string of the molecule is CCNCc1cc(C)ccc1N1CCc2sccc2C1. The Balaban J connectivity index is 1.86. The minimum Gasteiger partial charge on any atom is -0.367 e. The van der Waals surface area contributed by atoms with Crippen LogP contribution >= 0.6 is 11.3 Å². The van der Waals surface area contributed by atoms with Crippen LogP contribution in [0.1, 0.15) is 28.5 Å². The lowest BCUT2D eigenvalue weighted by Crippen LogP contribution is -2.30. The molecule has 3 heteroatoms. The molecule has 1 aromatic heterocycles. The number of nitrogens with one attached hydrogen (secondary N) is 1. The van der Waals surface area contributed by atoms with Crippen LogP contribution in [-0.2, 0) is 19.5 Å². The maximum Gasteiger partial charge on any atom is 0.0440 e. The number of benzene rings is 1. The first-order valence-electron chi connectivity index (χ1n) is 7.38. The molecular formula is C17H22N2S. The van der Waals surface area contributed by atoms with Gasteiger partial charge in [0.05, 0.1) is 0 Å². The molecule has 0 unspecified atom stereocenters. The Morgan fingerprint density at radius 2 is 2.20 bits per heavy atom. The molecule has 3 rings (SSSR count). The van der Waals surface area contributed by atoms with Crippen LogP contribution in [0.3, 0.4) is 0 Å². The van der Waals surface area contributed by atoms with E-state index in [1.165, 1.54) is 28.8 Å². The standard InChI is InChI=1S/C17H22N2S/c1-3-18-11-15-10-13(2)4-5-16(15)19-8-6-17-14(12-19)7-9-20-17/h4-5,7,9-10,18H,3,6,8,11-12H2,1-2H3. The van der Waals surface area contributed by atoms with E-state index in [-0.39, 0.29) is 0 Å². The van der Waals surface area contributed by atoms with E-state index in [0.717, 1.165) is 26.2 Å². The second-order valence-electron chi connectivity index (χ2n) is 5.45. The average molecular weight is 286 g/mol. The first-order valence-corrected chi connectivity index (χ1v) is 8.26. The van der Waals surface area contributed by atoms with Gasteiger partial charge in [-0.3, -0.25) is 0 Å². The Labute approximate surface area is 125 Å². The van der Waals surface area contributed by atoms with Gasteiger partial charge in [-0.25, -0.2) is 0 Å². The van der Waals surface area contributed by atoms with E-state index in [1.807, 2.05) is 11.3 Å². The highest BCUT2D eigenvalue weighted by molar-refractivity contribution is 7.10. The largest absolute Gasteiger partial charge is 0.367 e. The fourth-order valence-electron chi connectivity index (χ4n) is 2.88. The number of aryl methyl sites for hydroxylation is 1. The van der Waals surface area contributed by atoms with Crippen molar-refractivity contribution in [1.29, 1.82) is 0 Å². The molecule has 0 radical (unpaired) electrons. The predicted octanol–water partition coefficient (Wildman–Crippen LogP) is 3.73. The number of fused-ring (bicyclic) bond motifs is 1. The lowest BCUT2D eigenvalue weighted by atomic mass is 10.0. The molecule has 0 saturated carbocycles. The van der Waals surface area contributed by atoms with Crippen molar-refractivity contribution in [3.05, 3.63) is 51.2 Å². The molecule has 1 aliphatic heterocycles. The van der Waals surface area contributed by atoms with Crippen molar-refractivity contribution in [2.24, 2.45) is 0 Å². The van der Waals surface area contributed by atoms with Crippen molar-refractivity contribution in [1.82, 2.24) is 5.32 Å². The lowest BCUT2D eigenvalue weighted by molar-refractivity contribution is 0.704. The zero-order valence-corrected chi connectivity index (χ0v) is 13.1. The Hall–Kier alpha value is -1.32. The molecule has 0 spiro atoms. The average Bonchev–Trinajstić information content (AvgIpc) is 2.92. The van der Waals surface area contributed by atoms with Gasteiger partial charge in [0.1, 0.15) is 0 Å². The zero-order chi connectivity index (χ0) is 13.9. The highest BCUT2D eigenvalue weighted by Gasteiger charge is 2.19. The molecule has 2 nitrogen and oxygen atoms in total. The van der Waals surface area contributed by atoms with Crippen molar-refractivity contribution in [3.8, 4) is 0 Å². The molecule has 0 amide bonds. The third kappa shape index (κ3) is 2.74. The van der Waals surface area contributed by atoms with Gasteiger partial charge in [-0.15, -0.1) is 11.3 Å². The first-order chi connectivity index (χ1) is 9.78. The fraction of sp³-hybridized carbons (Fsp3) is 0.412. The number of anilines is 1. The molecule has 1 N–H and O–H groups in total. The lowest BCUT2D eigenvalue weighted by Gasteiger charge is -2.31. The molecule has 0 saturated heterocycles. The quantitative estimate of drug-likeness (QED) is 0.921. The maximum absolute atomic E-state index is 3.46. The summed E-state index contributed by atoms with van der Waals surface area (Å²) in [5.74, 6) is 0. The smallest absolute Gasteiger partial charge is 0.0440 e. The van der Waals surface area contributed by atoms with E-state index in [9.17, 15) is 0 Å². The summed E-state index contributed by atoms with van der Waals surface area (Å²) in [4.78, 5) is 4.10. The van der Waals surface area contributed by atoms with Gasteiger partial charge < -0.3 is 10.2 Å². The van der Waals surface area contributed by atoms with E-state index in [1.54, 1.807) is 4.88 Å². The van der Waals surface area contributed by atoms with Crippen LogP contribution in [0.5, 0.6) is 0 Å².